The maximum atomic E-state index is 12.1. The van der Waals surface area contributed by atoms with Gasteiger partial charge in [0.05, 0.1) is 5.41 Å². The second-order valence-corrected chi connectivity index (χ2v) is 5.80. The van der Waals surface area contributed by atoms with Crippen LogP contribution in [0.4, 0.5) is 0 Å². The first-order chi connectivity index (χ1) is 9.79. The number of amides is 1. The number of carbonyl (C=O) groups is 2. The number of ether oxygens (including phenoxy) is 2. The van der Waals surface area contributed by atoms with Crippen LogP contribution in [0.25, 0.3) is 0 Å². The fourth-order valence-corrected chi connectivity index (χ4v) is 1.99. The van der Waals surface area contributed by atoms with Gasteiger partial charge in [0, 0.05) is 20.0 Å². The summed E-state index contributed by atoms with van der Waals surface area (Å²) in [7, 11) is 1.66. The molecule has 0 aromatic heterocycles. The van der Waals surface area contributed by atoms with Crippen LogP contribution in [-0.4, -0.2) is 35.7 Å². The summed E-state index contributed by atoms with van der Waals surface area (Å²) in [5.41, 5.74) is -0.163. The van der Waals surface area contributed by atoms with Crippen molar-refractivity contribution >= 4 is 11.9 Å². The minimum atomic E-state index is -1.07. The monoisotopic (exact) mass is 293 g/mol. The number of carboxylic acid groups (broad SMARTS) is 1. The standard InChI is InChI=1S/C15H19NO5/c1-15(2,14(18)19)7-13(17)16(3)8-10-4-5-11-12(6-10)21-9-20-11/h4-6H,7-9H2,1-3H3,(H,18,19). The summed E-state index contributed by atoms with van der Waals surface area (Å²) in [6.07, 6.45) is -0.0383. The van der Waals surface area contributed by atoms with Gasteiger partial charge in [-0.15, -0.1) is 0 Å². The van der Waals surface area contributed by atoms with Gasteiger partial charge in [0.2, 0.25) is 12.7 Å². The molecule has 0 spiro atoms. The second kappa shape index (κ2) is 5.63. The second-order valence-electron chi connectivity index (χ2n) is 5.80. The topological polar surface area (TPSA) is 76.1 Å². The molecule has 0 unspecified atom stereocenters. The Morgan fingerprint density at radius 1 is 1.29 bits per heavy atom. The number of carbonyl (C=O) groups excluding carboxylic acids is 1. The van der Waals surface area contributed by atoms with Gasteiger partial charge in [0.1, 0.15) is 0 Å². The van der Waals surface area contributed by atoms with Gasteiger partial charge in [-0.05, 0) is 31.5 Å². The molecule has 0 atom stereocenters. The normalized spacial score (nSPS) is 13.1. The van der Waals surface area contributed by atoms with E-state index in [0.717, 1.165) is 5.56 Å². The number of nitrogens with zero attached hydrogens (tertiary/aromatic N) is 1. The first-order valence-corrected chi connectivity index (χ1v) is 6.65. The Morgan fingerprint density at radius 3 is 2.62 bits per heavy atom. The van der Waals surface area contributed by atoms with Crippen molar-refractivity contribution in [1.29, 1.82) is 0 Å². The molecule has 0 radical (unpaired) electrons. The Bertz CT molecular complexity index is 567. The lowest BCUT2D eigenvalue weighted by molar-refractivity contribution is -0.151. The van der Waals surface area contributed by atoms with Gasteiger partial charge in [-0.25, -0.2) is 0 Å². The number of rotatable bonds is 5. The molecule has 6 heteroatoms. The summed E-state index contributed by atoms with van der Waals surface area (Å²) >= 11 is 0. The first-order valence-electron chi connectivity index (χ1n) is 6.65. The van der Waals surface area contributed by atoms with Gasteiger partial charge in [-0.3, -0.25) is 9.59 Å². The van der Waals surface area contributed by atoms with E-state index < -0.39 is 11.4 Å². The summed E-state index contributed by atoms with van der Waals surface area (Å²) in [6.45, 7) is 3.69. The van der Waals surface area contributed by atoms with Crippen molar-refractivity contribution in [2.45, 2.75) is 26.8 Å². The van der Waals surface area contributed by atoms with Crippen LogP contribution in [0.15, 0.2) is 18.2 Å². The smallest absolute Gasteiger partial charge is 0.309 e. The van der Waals surface area contributed by atoms with Crippen LogP contribution in [0.5, 0.6) is 11.5 Å². The fourth-order valence-electron chi connectivity index (χ4n) is 1.99. The number of carboxylic acids is 1. The highest BCUT2D eigenvalue weighted by Crippen LogP contribution is 2.32. The van der Waals surface area contributed by atoms with Crippen molar-refractivity contribution in [3.05, 3.63) is 23.8 Å². The minimum absolute atomic E-state index is 0.0383. The van der Waals surface area contributed by atoms with Crippen molar-refractivity contribution in [3.8, 4) is 11.5 Å². The Labute approximate surface area is 123 Å². The average molecular weight is 293 g/mol. The highest BCUT2D eigenvalue weighted by atomic mass is 16.7. The number of fused-ring (bicyclic) bond motifs is 1. The van der Waals surface area contributed by atoms with Crippen molar-refractivity contribution in [2.75, 3.05) is 13.8 Å². The molecule has 21 heavy (non-hydrogen) atoms. The van der Waals surface area contributed by atoms with E-state index in [0.29, 0.717) is 18.0 Å². The van der Waals surface area contributed by atoms with Crippen LogP contribution < -0.4 is 9.47 Å². The Balaban J connectivity index is 1.99. The zero-order valence-corrected chi connectivity index (χ0v) is 12.4. The quantitative estimate of drug-likeness (QED) is 0.897. The molecule has 1 aromatic rings. The Morgan fingerprint density at radius 2 is 1.95 bits per heavy atom. The van der Waals surface area contributed by atoms with Gasteiger partial charge >= 0.3 is 5.97 Å². The average Bonchev–Trinajstić information content (AvgIpc) is 2.85. The number of aliphatic carboxylic acids is 1. The summed E-state index contributed by atoms with van der Waals surface area (Å²) in [5, 5.41) is 9.07. The third-order valence-electron chi connectivity index (χ3n) is 3.45. The van der Waals surface area contributed by atoms with E-state index in [9.17, 15) is 9.59 Å². The van der Waals surface area contributed by atoms with Crippen LogP contribution in [0, 0.1) is 5.41 Å². The highest BCUT2D eigenvalue weighted by Gasteiger charge is 2.31. The largest absolute Gasteiger partial charge is 0.481 e. The molecule has 1 amide bonds. The number of benzene rings is 1. The third-order valence-corrected chi connectivity index (χ3v) is 3.45. The minimum Gasteiger partial charge on any atom is -0.481 e. The van der Waals surface area contributed by atoms with Crippen molar-refractivity contribution in [2.24, 2.45) is 5.41 Å². The van der Waals surface area contributed by atoms with Gasteiger partial charge in [0.25, 0.3) is 0 Å². The lowest BCUT2D eigenvalue weighted by atomic mass is 9.89. The molecule has 1 aromatic carbocycles. The lowest BCUT2D eigenvalue weighted by Crippen LogP contribution is -2.34. The molecule has 1 aliphatic rings. The predicted molar refractivity (Wildman–Crippen MR) is 75.1 cm³/mol. The van der Waals surface area contributed by atoms with Crippen LogP contribution >= 0.6 is 0 Å². The molecule has 1 N–H and O–H groups in total. The molecule has 0 aliphatic carbocycles. The zero-order valence-electron chi connectivity index (χ0n) is 12.4. The molecule has 6 nitrogen and oxygen atoms in total. The maximum absolute atomic E-state index is 12.1. The van der Waals surface area contributed by atoms with Crippen molar-refractivity contribution in [1.82, 2.24) is 4.90 Å². The highest BCUT2D eigenvalue weighted by molar-refractivity contribution is 5.84. The molecular formula is C15H19NO5. The van der Waals surface area contributed by atoms with Gasteiger partial charge < -0.3 is 19.5 Å². The lowest BCUT2D eigenvalue weighted by Gasteiger charge is -2.23. The molecule has 1 heterocycles. The Hall–Kier alpha value is -2.24. The molecule has 0 fully saturated rings. The molecule has 1 aliphatic heterocycles. The summed E-state index contributed by atoms with van der Waals surface area (Å²) in [5.74, 6) is 0.173. The summed E-state index contributed by atoms with van der Waals surface area (Å²) < 4.78 is 10.5. The van der Waals surface area contributed by atoms with E-state index in [2.05, 4.69) is 0 Å². The summed E-state index contributed by atoms with van der Waals surface area (Å²) in [4.78, 5) is 24.7. The SMILES string of the molecule is CN(Cc1ccc2c(c1)OCO2)C(=O)CC(C)(C)C(=O)O. The third kappa shape index (κ3) is 3.45. The Kier molecular flexibility index (Phi) is 4.06. The van der Waals surface area contributed by atoms with Gasteiger partial charge in [-0.1, -0.05) is 6.07 Å². The van der Waals surface area contributed by atoms with E-state index in [1.807, 2.05) is 12.1 Å². The number of hydrogen-bond donors (Lipinski definition) is 1. The van der Waals surface area contributed by atoms with Crippen molar-refractivity contribution in [3.63, 3.8) is 0 Å². The summed E-state index contributed by atoms with van der Waals surface area (Å²) in [6, 6.07) is 5.49. The van der Waals surface area contributed by atoms with Crippen LogP contribution in [0.3, 0.4) is 0 Å². The predicted octanol–water partition coefficient (Wildman–Crippen LogP) is 1.87. The van der Waals surface area contributed by atoms with Crippen LogP contribution in [0.2, 0.25) is 0 Å². The first kappa shape index (κ1) is 15.2. The van der Waals surface area contributed by atoms with Crippen molar-refractivity contribution < 1.29 is 24.2 Å². The zero-order chi connectivity index (χ0) is 15.6. The van der Waals surface area contributed by atoms with E-state index in [-0.39, 0.29) is 19.1 Å². The molecule has 0 saturated heterocycles. The molecular weight excluding hydrogens is 274 g/mol. The number of hydrogen-bond acceptors (Lipinski definition) is 4. The molecule has 0 bridgehead atoms. The van der Waals surface area contributed by atoms with E-state index in [1.165, 1.54) is 4.90 Å². The van der Waals surface area contributed by atoms with E-state index in [1.54, 1.807) is 27.0 Å². The fraction of sp³-hybridized carbons (Fsp3) is 0.467. The maximum Gasteiger partial charge on any atom is 0.309 e. The molecule has 2 rings (SSSR count). The van der Waals surface area contributed by atoms with E-state index >= 15 is 0 Å². The van der Waals surface area contributed by atoms with Gasteiger partial charge in [0.15, 0.2) is 11.5 Å². The molecule has 114 valence electrons. The van der Waals surface area contributed by atoms with Crippen LogP contribution in [0.1, 0.15) is 25.8 Å². The van der Waals surface area contributed by atoms with E-state index in [4.69, 9.17) is 14.6 Å². The molecule has 0 saturated carbocycles. The van der Waals surface area contributed by atoms with Gasteiger partial charge in [-0.2, -0.15) is 0 Å². The van der Waals surface area contributed by atoms with Crippen LogP contribution in [-0.2, 0) is 16.1 Å².